The molecule has 1 saturated heterocycles. The minimum absolute atomic E-state index is 0. The Hall–Kier alpha value is 0.790. The average molecular weight is 262 g/mol. The Balaban J connectivity index is 0.00000169. The maximum atomic E-state index is 5.68. The second kappa shape index (κ2) is 9.05. The topological polar surface area (TPSA) is 6.48 Å². The van der Waals surface area contributed by atoms with Gasteiger partial charge < -0.3 is 4.90 Å². The lowest BCUT2D eigenvalue weighted by molar-refractivity contribution is 0.138. The van der Waals surface area contributed by atoms with Gasteiger partial charge in [-0.25, -0.2) is 0 Å². The Bertz CT molecular complexity index is 127. The molecule has 1 aliphatic rings. The summed E-state index contributed by atoms with van der Waals surface area (Å²) in [5.41, 5.74) is 0. The van der Waals surface area contributed by atoms with Crippen molar-refractivity contribution in [2.45, 2.75) is 6.42 Å². The fraction of sp³-hybridized carbons (Fsp3) is 1.00. The number of nitrogens with zero attached hydrogens (tertiary/aromatic N) is 2. The fourth-order valence-corrected chi connectivity index (χ4v) is 2.00. The first-order chi connectivity index (χ1) is 6.36. The number of piperazine rings is 1. The van der Waals surface area contributed by atoms with E-state index in [0.717, 1.165) is 44.4 Å². The first-order valence-electron chi connectivity index (χ1n) is 4.93. The maximum Gasteiger partial charge on any atom is 0.0351 e. The predicted molar refractivity (Wildman–Crippen MR) is 66.2 cm³/mol. The molecule has 0 amide bonds. The van der Waals surface area contributed by atoms with Crippen LogP contribution >= 0.6 is 35.6 Å². The van der Waals surface area contributed by atoms with E-state index < -0.39 is 0 Å². The summed E-state index contributed by atoms with van der Waals surface area (Å²) >= 11 is 11.3. The van der Waals surface area contributed by atoms with E-state index in [4.69, 9.17) is 23.2 Å². The summed E-state index contributed by atoms with van der Waals surface area (Å²) < 4.78 is 0. The molecule has 0 bridgehead atoms. The van der Waals surface area contributed by atoms with Crippen LogP contribution in [0.1, 0.15) is 6.42 Å². The van der Waals surface area contributed by atoms with Crippen LogP contribution in [0.15, 0.2) is 0 Å². The fourth-order valence-electron chi connectivity index (χ4n) is 1.64. The van der Waals surface area contributed by atoms with E-state index in [9.17, 15) is 0 Å². The normalized spacial score (nSPS) is 19.3. The third-order valence-electron chi connectivity index (χ3n) is 2.47. The van der Waals surface area contributed by atoms with E-state index in [1.165, 1.54) is 13.1 Å². The molecule has 1 fully saturated rings. The standard InChI is InChI=1S/C9H18Cl2N2.ClH/c10-2-1-4-12-6-8-13(5-3-11)9-7-12;/h1-9H2;1H. The molecule has 0 atom stereocenters. The van der Waals surface area contributed by atoms with Crippen molar-refractivity contribution >= 4 is 35.6 Å². The first kappa shape index (κ1) is 14.8. The minimum atomic E-state index is 0. The van der Waals surface area contributed by atoms with Gasteiger partial charge in [0.25, 0.3) is 0 Å². The lowest BCUT2D eigenvalue weighted by atomic mass is 10.3. The Morgan fingerprint density at radius 2 is 1.29 bits per heavy atom. The van der Waals surface area contributed by atoms with E-state index in [1.807, 2.05) is 0 Å². The maximum absolute atomic E-state index is 5.68. The van der Waals surface area contributed by atoms with Crippen molar-refractivity contribution in [3.63, 3.8) is 0 Å². The Morgan fingerprint density at radius 1 is 0.786 bits per heavy atom. The zero-order valence-electron chi connectivity index (χ0n) is 8.42. The average Bonchev–Trinajstić information content (AvgIpc) is 2.17. The minimum Gasteiger partial charge on any atom is -0.301 e. The molecular weight excluding hydrogens is 242 g/mol. The van der Waals surface area contributed by atoms with Crippen LogP contribution in [0.4, 0.5) is 0 Å². The monoisotopic (exact) mass is 260 g/mol. The van der Waals surface area contributed by atoms with Crippen molar-refractivity contribution in [3.05, 3.63) is 0 Å². The largest absolute Gasteiger partial charge is 0.301 e. The molecule has 0 N–H and O–H groups in total. The van der Waals surface area contributed by atoms with Crippen LogP contribution in [0.2, 0.25) is 0 Å². The van der Waals surface area contributed by atoms with Crippen molar-refractivity contribution in [2.24, 2.45) is 0 Å². The van der Waals surface area contributed by atoms with Crippen molar-refractivity contribution in [1.82, 2.24) is 9.80 Å². The molecule has 0 aromatic carbocycles. The molecule has 1 aliphatic heterocycles. The Labute approximate surface area is 103 Å². The smallest absolute Gasteiger partial charge is 0.0351 e. The van der Waals surface area contributed by atoms with E-state index in [-0.39, 0.29) is 12.4 Å². The molecule has 1 heterocycles. The van der Waals surface area contributed by atoms with Crippen LogP contribution in [0.5, 0.6) is 0 Å². The molecule has 0 aromatic heterocycles. The van der Waals surface area contributed by atoms with Crippen molar-refractivity contribution in [3.8, 4) is 0 Å². The highest BCUT2D eigenvalue weighted by atomic mass is 35.5. The van der Waals surface area contributed by atoms with Crippen LogP contribution < -0.4 is 0 Å². The summed E-state index contributed by atoms with van der Waals surface area (Å²) in [6.45, 7) is 6.86. The predicted octanol–water partition coefficient (Wildman–Crippen LogP) is 1.89. The lowest BCUT2D eigenvalue weighted by Crippen LogP contribution is -2.47. The summed E-state index contributed by atoms with van der Waals surface area (Å²) in [5, 5.41) is 0. The highest BCUT2D eigenvalue weighted by Crippen LogP contribution is 2.02. The molecule has 5 heteroatoms. The summed E-state index contributed by atoms with van der Waals surface area (Å²) in [4.78, 5) is 4.90. The molecule has 14 heavy (non-hydrogen) atoms. The third kappa shape index (κ3) is 5.62. The van der Waals surface area contributed by atoms with Gasteiger partial charge in [0.15, 0.2) is 0 Å². The van der Waals surface area contributed by atoms with Gasteiger partial charge in [-0.1, -0.05) is 0 Å². The Kier molecular flexibility index (Phi) is 9.56. The van der Waals surface area contributed by atoms with Crippen molar-refractivity contribution in [1.29, 1.82) is 0 Å². The molecule has 2 nitrogen and oxygen atoms in total. The van der Waals surface area contributed by atoms with Gasteiger partial charge in [-0.2, -0.15) is 0 Å². The molecule has 0 unspecified atom stereocenters. The highest BCUT2D eigenvalue weighted by molar-refractivity contribution is 6.18. The molecule has 1 rings (SSSR count). The Morgan fingerprint density at radius 3 is 1.71 bits per heavy atom. The number of hydrogen-bond donors (Lipinski definition) is 0. The molecule has 86 valence electrons. The van der Waals surface area contributed by atoms with Crippen molar-refractivity contribution in [2.75, 3.05) is 51.0 Å². The van der Waals surface area contributed by atoms with Crippen LogP contribution in [0.3, 0.4) is 0 Å². The van der Waals surface area contributed by atoms with Crippen molar-refractivity contribution < 1.29 is 0 Å². The summed E-state index contributed by atoms with van der Waals surface area (Å²) in [6.07, 6.45) is 1.11. The van der Waals surface area contributed by atoms with Gasteiger partial charge in [-0.3, -0.25) is 4.90 Å². The first-order valence-corrected chi connectivity index (χ1v) is 6.00. The number of hydrogen-bond acceptors (Lipinski definition) is 2. The van der Waals surface area contributed by atoms with Crippen LogP contribution in [-0.2, 0) is 0 Å². The molecule has 0 saturated carbocycles. The van der Waals surface area contributed by atoms with Gasteiger partial charge in [0, 0.05) is 44.5 Å². The third-order valence-corrected chi connectivity index (χ3v) is 2.91. The second-order valence-electron chi connectivity index (χ2n) is 3.41. The number of rotatable bonds is 5. The van der Waals surface area contributed by atoms with Gasteiger partial charge in [0.05, 0.1) is 0 Å². The molecule has 0 radical (unpaired) electrons. The number of alkyl halides is 2. The van der Waals surface area contributed by atoms with Crippen LogP contribution in [0, 0.1) is 0 Å². The number of halogens is 3. The summed E-state index contributed by atoms with van der Waals surface area (Å²) in [5.74, 6) is 1.53. The van der Waals surface area contributed by atoms with Crippen LogP contribution in [-0.4, -0.2) is 60.8 Å². The summed E-state index contributed by atoms with van der Waals surface area (Å²) in [6, 6.07) is 0. The van der Waals surface area contributed by atoms with Gasteiger partial charge in [0.2, 0.25) is 0 Å². The zero-order valence-corrected chi connectivity index (χ0v) is 10.8. The van der Waals surface area contributed by atoms with E-state index >= 15 is 0 Å². The zero-order chi connectivity index (χ0) is 9.52. The molecular formula is C9H19Cl3N2. The van der Waals surface area contributed by atoms with Gasteiger partial charge in [-0.05, 0) is 13.0 Å². The van der Waals surface area contributed by atoms with E-state index in [2.05, 4.69) is 9.80 Å². The molecule has 0 spiro atoms. The highest BCUT2D eigenvalue weighted by Gasteiger charge is 2.14. The van der Waals surface area contributed by atoms with E-state index in [1.54, 1.807) is 0 Å². The van der Waals surface area contributed by atoms with Gasteiger partial charge in [-0.15, -0.1) is 35.6 Å². The SMILES string of the molecule is Cl.ClCCCN1CCN(CCCl)CC1. The second-order valence-corrected chi connectivity index (χ2v) is 4.17. The molecule has 0 aromatic rings. The van der Waals surface area contributed by atoms with Gasteiger partial charge >= 0.3 is 0 Å². The quantitative estimate of drug-likeness (QED) is 0.698. The van der Waals surface area contributed by atoms with E-state index in [0.29, 0.717) is 0 Å². The summed E-state index contributed by atoms with van der Waals surface area (Å²) in [7, 11) is 0. The molecule has 0 aliphatic carbocycles. The van der Waals surface area contributed by atoms with Gasteiger partial charge in [0.1, 0.15) is 0 Å². The van der Waals surface area contributed by atoms with Crippen LogP contribution in [0.25, 0.3) is 0 Å². The lowest BCUT2D eigenvalue weighted by Gasteiger charge is -2.34.